The summed E-state index contributed by atoms with van der Waals surface area (Å²) in [4.78, 5) is 11.5. The number of hydrogen-bond acceptors (Lipinski definition) is 4. The molecule has 1 aliphatic carbocycles. The second-order valence-electron chi connectivity index (χ2n) is 4.44. The zero-order valence-electron chi connectivity index (χ0n) is 9.62. The van der Waals surface area contributed by atoms with Gasteiger partial charge in [-0.3, -0.25) is 0 Å². The van der Waals surface area contributed by atoms with Crippen LogP contribution in [-0.4, -0.2) is 26.8 Å². The molecule has 1 saturated carbocycles. The molecule has 1 aliphatic rings. The van der Waals surface area contributed by atoms with E-state index >= 15 is 0 Å². The lowest BCUT2D eigenvalue weighted by atomic mass is 9.81. The third kappa shape index (κ3) is 2.67. The van der Waals surface area contributed by atoms with E-state index in [0.717, 1.165) is 19.3 Å². The largest absolute Gasteiger partial charge is 0.480 e. The molecule has 0 atom stereocenters. The molecule has 2 N–H and O–H groups in total. The average Bonchev–Trinajstić information content (AvgIpc) is 2.35. The predicted molar refractivity (Wildman–Crippen MR) is 69.1 cm³/mol. The van der Waals surface area contributed by atoms with Crippen molar-refractivity contribution < 1.29 is 9.90 Å². The van der Waals surface area contributed by atoms with E-state index in [1.165, 1.54) is 6.07 Å². The normalized spacial score (nSPS) is 18.3. The summed E-state index contributed by atoms with van der Waals surface area (Å²) >= 11 is 11.6. The molecule has 0 aromatic carbocycles. The number of carboxylic acid groups (broad SMARTS) is 1. The minimum Gasteiger partial charge on any atom is -0.480 e. The van der Waals surface area contributed by atoms with Crippen molar-refractivity contribution in [2.24, 2.45) is 0 Å². The highest BCUT2D eigenvalue weighted by Gasteiger charge is 2.40. The van der Waals surface area contributed by atoms with E-state index in [9.17, 15) is 9.90 Å². The molecule has 2 rings (SSSR count). The molecule has 0 spiro atoms. The molecule has 1 fully saturated rings. The van der Waals surface area contributed by atoms with Crippen LogP contribution in [-0.2, 0) is 4.79 Å². The maximum Gasteiger partial charge on any atom is 0.329 e. The Morgan fingerprint density at radius 1 is 1.28 bits per heavy atom. The lowest BCUT2D eigenvalue weighted by molar-refractivity contribution is -0.143. The minimum absolute atomic E-state index is 0.130. The first kappa shape index (κ1) is 13.4. The lowest BCUT2D eigenvalue weighted by Gasteiger charge is -2.34. The summed E-state index contributed by atoms with van der Waals surface area (Å²) in [5.41, 5.74) is -0.560. The van der Waals surface area contributed by atoms with Crippen LogP contribution in [0.5, 0.6) is 0 Å². The summed E-state index contributed by atoms with van der Waals surface area (Å²) in [5, 5.41) is 20.0. The Hall–Kier alpha value is -1.07. The van der Waals surface area contributed by atoms with E-state index in [-0.39, 0.29) is 10.3 Å². The van der Waals surface area contributed by atoms with Gasteiger partial charge in [0.05, 0.1) is 5.69 Å². The summed E-state index contributed by atoms with van der Waals surface area (Å²) < 4.78 is 0. The van der Waals surface area contributed by atoms with Crippen LogP contribution < -0.4 is 5.32 Å². The molecule has 18 heavy (non-hydrogen) atoms. The molecule has 1 aromatic rings. The van der Waals surface area contributed by atoms with Gasteiger partial charge in [0.2, 0.25) is 0 Å². The Balaban J connectivity index is 2.28. The molecular weight excluding hydrogens is 277 g/mol. The number of nitrogens with zero attached hydrogens (tertiary/aromatic N) is 2. The van der Waals surface area contributed by atoms with Gasteiger partial charge < -0.3 is 10.4 Å². The summed E-state index contributed by atoms with van der Waals surface area (Å²) in [6.45, 7) is 0. The Labute approximate surface area is 115 Å². The monoisotopic (exact) mass is 289 g/mol. The van der Waals surface area contributed by atoms with Gasteiger partial charge in [0, 0.05) is 6.07 Å². The molecule has 0 saturated heterocycles. The first-order valence-electron chi connectivity index (χ1n) is 5.74. The fraction of sp³-hybridized carbons (Fsp3) is 0.545. The number of nitrogens with one attached hydrogen (secondary N) is 1. The SMILES string of the molecule is O=C(O)C1(Nc2cc(Cl)nnc2Cl)CCCCC1. The van der Waals surface area contributed by atoms with Gasteiger partial charge in [0.15, 0.2) is 10.3 Å². The number of aliphatic carboxylic acids is 1. The quantitative estimate of drug-likeness (QED) is 0.895. The maximum absolute atomic E-state index is 11.5. The zero-order valence-corrected chi connectivity index (χ0v) is 11.1. The number of aromatic nitrogens is 2. The van der Waals surface area contributed by atoms with Crippen molar-refractivity contribution in [1.82, 2.24) is 10.2 Å². The topological polar surface area (TPSA) is 75.1 Å². The van der Waals surface area contributed by atoms with Crippen LogP contribution in [0.2, 0.25) is 10.3 Å². The average molecular weight is 290 g/mol. The molecule has 7 heteroatoms. The van der Waals surface area contributed by atoms with Gasteiger partial charge in [-0.15, -0.1) is 10.2 Å². The highest BCUT2D eigenvalue weighted by Crippen LogP contribution is 2.34. The lowest BCUT2D eigenvalue weighted by Crippen LogP contribution is -2.48. The number of rotatable bonds is 3. The van der Waals surface area contributed by atoms with Crippen molar-refractivity contribution >= 4 is 34.9 Å². The number of halogens is 2. The third-order valence-electron chi connectivity index (χ3n) is 3.21. The van der Waals surface area contributed by atoms with E-state index in [1.54, 1.807) is 0 Å². The van der Waals surface area contributed by atoms with Crippen LogP contribution in [0.15, 0.2) is 6.07 Å². The molecule has 98 valence electrons. The van der Waals surface area contributed by atoms with Crippen molar-refractivity contribution in [2.45, 2.75) is 37.6 Å². The van der Waals surface area contributed by atoms with E-state index in [4.69, 9.17) is 23.2 Å². The van der Waals surface area contributed by atoms with Crippen molar-refractivity contribution in [3.63, 3.8) is 0 Å². The van der Waals surface area contributed by atoms with Crippen LogP contribution in [0.4, 0.5) is 5.69 Å². The second-order valence-corrected chi connectivity index (χ2v) is 5.19. The molecule has 0 bridgehead atoms. The molecule has 5 nitrogen and oxygen atoms in total. The van der Waals surface area contributed by atoms with Gasteiger partial charge in [-0.1, -0.05) is 42.5 Å². The van der Waals surface area contributed by atoms with Crippen LogP contribution in [0, 0.1) is 0 Å². The maximum atomic E-state index is 11.5. The van der Waals surface area contributed by atoms with Crippen molar-refractivity contribution in [1.29, 1.82) is 0 Å². The summed E-state index contributed by atoms with van der Waals surface area (Å²) in [6, 6.07) is 1.50. The van der Waals surface area contributed by atoms with Crippen molar-refractivity contribution in [3.8, 4) is 0 Å². The van der Waals surface area contributed by atoms with Crippen LogP contribution in [0.3, 0.4) is 0 Å². The molecule has 0 aliphatic heterocycles. The first-order valence-corrected chi connectivity index (χ1v) is 6.49. The van der Waals surface area contributed by atoms with Gasteiger partial charge >= 0.3 is 5.97 Å². The highest BCUT2D eigenvalue weighted by atomic mass is 35.5. The summed E-state index contributed by atoms with van der Waals surface area (Å²) in [6.07, 6.45) is 3.95. The van der Waals surface area contributed by atoms with Gasteiger partial charge in [0.1, 0.15) is 5.54 Å². The van der Waals surface area contributed by atoms with Crippen molar-refractivity contribution in [2.75, 3.05) is 5.32 Å². The van der Waals surface area contributed by atoms with Crippen LogP contribution in [0.25, 0.3) is 0 Å². The number of hydrogen-bond donors (Lipinski definition) is 2. The molecule has 0 radical (unpaired) electrons. The summed E-state index contributed by atoms with van der Waals surface area (Å²) in [5.74, 6) is -0.869. The third-order valence-corrected chi connectivity index (χ3v) is 3.67. The number of carbonyl (C=O) groups is 1. The Kier molecular flexibility index (Phi) is 3.92. The smallest absolute Gasteiger partial charge is 0.329 e. The second kappa shape index (κ2) is 5.28. The Bertz CT molecular complexity index is 462. The number of anilines is 1. The molecular formula is C11H13Cl2N3O2. The van der Waals surface area contributed by atoms with E-state index in [2.05, 4.69) is 15.5 Å². The Morgan fingerprint density at radius 2 is 1.94 bits per heavy atom. The van der Waals surface area contributed by atoms with Crippen LogP contribution >= 0.6 is 23.2 Å². The first-order chi connectivity index (χ1) is 8.53. The zero-order chi connectivity index (χ0) is 13.2. The van der Waals surface area contributed by atoms with E-state index in [1.807, 2.05) is 0 Å². The molecule has 0 amide bonds. The predicted octanol–water partition coefficient (Wildman–Crippen LogP) is 2.98. The standard InChI is InChI=1S/C11H13Cl2N3O2/c12-8-6-7(9(13)16-15-8)14-11(10(17)18)4-2-1-3-5-11/h6H,1-5H2,(H,14,15)(H,17,18). The minimum atomic E-state index is -0.978. The van der Waals surface area contributed by atoms with Gasteiger partial charge in [0.25, 0.3) is 0 Å². The van der Waals surface area contributed by atoms with Crippen LogP contribution in [0.1, 0.15) is 32.1 Å². The van der Waals surface area contributed by atoms with Gasteiger partial charge in [-0.2, -0.15) is 0 Å². The summed E-state index contributed by atoms with van der Waals surface area (Å²) in [7, 11) is 0. The van der Waals surface area contributed by atoms with E-state index in [0.29, 0.717) is 18.5 Å². The van der Waals surface area contributed by atoms with E-state index < -0.39 is 11.5 Å². The molecule has 0 unspecified atom stereocenters. The fourth-order valence-corrected chi connectivity index (χ4v) is 2.53. The molecule has 1 heterocycles. The van der Waals surface area contributed by atoms with Gasteiger partial charge in [-0.05, 0) is 12.8 Å². The number of carboxylic acids is 1. The highest BCUT2D eigenvalue weighted by molar-refractivity contribution is 6.33. The van der Waals surface area contributed by atoms with Gasteiger partial charge in [-0.25, -0.2) is 4.79 Å². The Morgan fingerprint density at radius 3 is 2.56 bits per heavy atom. The van der Waals surface area contributed by atoms with Crippen molar-refractivity contribution in [3.05, 3.63) is 16.4 Å². The molecule has 1 aromatic heterocycles. The fourth-order valence-electron chi connectivity index (χ4n) is 2.25.